The van der Waals surface area contributed by atoms with Crippen molar-refractivity contribution in [3.05, 3.63) is 0 Å². The van der Waals surface area contributed by atoms with Gasteiger partial charge in [0, 0.05) is 0 Å². The highest BCUT2D eigenvalue weighted by molar-refractivity contribution is 7.75. The predicted octanol–water partition coefficient (Wildman–Crippen LogP) is 0.385. The number of hydrogen-bond acceptors (Lipinski definition) is 3. The average molecular weight is 155 g/mol. The van der Waals surface area contributed by atoms with Crippen molar-refractivity contribution in [2.75, 3.05) is 6.61 Å². The minimum atomic E-state index is -1.90. The van der Waals surface area contributed by atoms with Crippen molar-refractivity contribution in [1.82, 2.24) is 0 Å². The molecule has 46 valence electrons. The van der Waals surface area contributed by atoms with Crippen molar-refractivity contribution < 1.29 is 12.1 Å². The van der Waals surface area contributed by atoms with Crippen LogP contribution in [0.5, 0.6) is 0 Å². The molecular formula is C3H3ClO3S. The van der Waals surface area contributed by atoms with Gasteiger partial charge in [-0.25, -0.2) is 0 Å². The molecule has 0 aromatic rings. The first kappa shape index (κ1) is 7.92. The van der Waals surface area contributed by atoms with E-state index < -0.39 is 11.4 Å². The standard InChI is InChI=1S/C3H3ClO3S/c1-2-3-6-8(5)7-4/h1H,3H2. The zero-order chi connectivity index (χ0) is 6.41. The Labute approximate surface area is 55.0 Å². The number of rotatable bonds is 3. The van der Waals surface area contributed by atoms with Crippen LogP contribution >= 0.6 is 11.9 Å². The molecule has 1 unspecified atom stereocenters. The van der Waals surface area contributed by atoms with E-state index in [1.807, 2.05) is 0 Å². The SMILES string of the molecule is C#CCOS(=O)OCl. The van der Waals surface area contributed by atoms with E-state index in [4.69, 9.17) is 6.42 Å². The van der Waals surface area contributed by atoms with Crippen molar-refractivity contribution >= 4 is 23.2 Å². The maximum Gasteiger partial charge on any atom is 0.323 e. The van der Waals surface area contributed by atoms with Crippen molar-refractivity contribution in [2.24, 2.45) is 0 Å². The first-order chi connectivity index (χ1) is 3.81. The highest BCUT2D eigenvalue weighted by Crippen LogP contribution is 1.89. The van der Waals surface area contributed by atoms with E-state index in [2.05, 4.69) is 25.7 Å². The Morgan fingerprint density at radius 1 is 1.88 bits per heavy atom. The summed E-state index contributed by atoms with van der Waals surface area (Å²) in [6, 6.07) is 0. The van der Waals surface area contributed by atoms with Gasteiger partial charge in [0.05, 0.1) is 11.9 Å². The van der Waals surface area contributed by atoms with E-state index in [0.29, 0.717) is 0 Å². The highest BCUT2D eigenvalue weighted by Gasteiger charge is 1.93. The van der Waals surface area contributed by atoms with E-state index in [0.717, 1.165) is 0 Å². The fourth-order valence-electron chi connectivity index (χ4n) is 0.100. The molecule has 0 fully saturated rings. The molecule has 8 heavy (non-hydrogen) atoms. The van der Waals surface area contributed by atoms with Crippen LogP contribution < -0.4 is 0 Å². The van der Waals surface area contributed by atoms with E-state index in [-0.39, 0.29) is 6.61 Å². The van der Waals surface area contributed by atoms with Gasteiger partial charge >= 0.3 is 11.4 Å². The summed E-state index contributed by atoms with van der Waals surface area (Å²) >= 11 is 2.69. The molecule has 3 nitrogen and oxygen atoms in total. The highest BCUT2D eigenvalue weighted by atomic mass is 35.5. The first-order valence-corrected chi connectivity index (χ1v) is 2.89. The molecule has 0 amide bonds. The fraction of sp³-hybridized carbons (Fsp3) is 0.333. The lowest BCUT2D eigenvalue weighted by molar-refractivity contribution is 0.359. The largest absolute Gasteiger partial charge is 0.323 e. The normalized spacial score (nSPS) is 12.5. The van der Waals surface area contributed by atoms with E-state index in [1.165, 1.54) is 0 Å². The van der Waals surface area contributed by atoms with Crippen LogP contribution in [0.1, 0.15) is 0 Å². The lowest BCUT2D eigenvalue weighted by Crippen LogP contribution is -1.95. The second-order valence-electron chi connectivity index (χ2n) is 0.733. The Morgan fingerprint density at radius 3 is 2.88 bits per heavy atom. The number of terminal acetylenes is 1. The van der Waals surface area contributed by atoms with Crippen molar-refractivity contribution in [3.63, 3.8) is 0 Å². The molecule has 0 heterocycles. The van der Waals surface area contributed by atoms with Crippen LogP contribution in [0.25, 0.3) is 0 Å². The van der Waals surface area contributed by atoms with Gasteiger partial charge in [0.1, 0.15) is 6.61 Å². The van der Waals surface area contributed by atoms with Crippen LogP contribution in [0.4, 0.5) is 0 Å². The maximum absolute atomic E-state index is 10.0. The molecule has 0 aliphatic heterocycles. The van der Waals surface area contributed by atoms with Gasteiger partial charge in [-0.3, -0.25) is 4.18 Å². The summed E-state index contributed by atoms with van der Waals surface area (Å²) in [6.45, 7) is -0.0701. The summed E-state index contributed by atoms with van der Waals surface area (Å²) in [5.74, 6) is 2.08. The zero-order valence-corrected chi connectivity index (χ0v) is 5.37. The Hall–Kier alpha value is -0.0800. The average Bonchev–Trinajstić information content (AvgIpc) is 1.83. The monoisotopic (exact) mass is 154 g/mol. The van der Waals surface area contributed by atoms with Crippen molar-refractivity contribution in [3.8, 4) is 12.3 Å². The molecule has 0 aromatic carbocycles. The van der Waals surface area contributed by atoms with E-state index >= 15 is 0 Å². The van der Waals surface area contributed by atoms with Crippen LogP contribution in [-0.2, 0) is 19.3 Å². The van der Waals surface area contributed by atoms with Crippen LogP contribution in [-0.4, -0.2) is 10.8 Å². The van der Waals surface area contributed by atoms with E-state index in [9.17, 15) is 4.21 Å². The smallest absolute Gasteiger partial charge is 0.254 e. The first-order valence-electron chi connectivity index (χ1n) is 1.59. The Kier molecular flexibility index (Phi) is 5.01. The van der Waals surface area contributed by atoms with Gasteiger partial charge in [0.2, 0.25) is 0 Å². The summed E-state index contributed by atoms with van der Waals surface area (Å²) in [4.78, 5) is 0. The van der Waals surface area contributed by atoms with Gasteiger partial charge in [0.25, 0.3) is 0 Å². The molecule has 0 saturated heterocycles. The second-order valence-corrected chi connectivity index (χ2v) is 1.88. The van der Waals surface area contributed by atoms with Gasteiger partial charge in [-0.1, -0.05) is 5.92 Å². The molecule has 0 spiro atoms. The van der Waals surface area contributed by atoms with Crippen molar-refractivity contribution in [2.45, 2.75) is 0 Å². The van der Waals surface area contributed by atoms with Crippen LogP contribution in [0.3, 0.4) is 0 Å². The molecule has 0 saturated carbocycles. The van der Waals surface area contributed by atoms with Gasteiger partial charge in [0.15, 0.2) is 0 Å². The third-order valence-electron chi connectivity index (χ3n) is 0.290. The quantitative estimate of drug-likeness (QED) is 0.552. The van der Waals surface area contributed by atoms with Gasteiger partial charge < -0.3 is 0 Å². The molecule has 5 heteroatoms. The summed E-state index contributed by atoms with van der Waals surface area (Å²) in [7, 11) is 0. The number of halogens is 1. The Bertz CT molecular complexity index is 118. The summed E-state index contributed by atoms with van der Waals surface area (Å²) in [5.41, 5.74) is 0. The number of hydrogen-bond donors (Lipinski definition) is 0. The molecule has 0 N–H and O–H groups in total. The summed E-state index contributed by atoms with van der Waals surface area (Å²) < 4.78 is 17.9. The minimum absolute atomic E-state index is 0.0701. The van der Waals surface area contributed by atoms with Crippen LogP contribution in [0.15, 0.2) is 0 Å². The second kappa shape index (κ2) is 5.06. The lowest BCUT2D eigenvalue weighted by Gasteiger charge is -1.88. The zero-order valence-electron chi connectivity index (χ0n) is 3.80. The molecule has 0 rings (SSSR count). The Morgan fingerprint density at radius 2 is 2.50 bits per heavy atom. The predicted molar refractivity (Wildman–Crippen MR) is 29.9 cm³/mol. The van der Waals surface area contributed by atoms with Crippen LogP contribution in [0, 0.1) is 12.3 Å². The third-order valence-corrected chi connectivity index (χ3v) is 1.01. The minimum Gasteiger partial charge on any atom is -0.254 e. The topological polar surface area (TPSA) is 35.5 Å². The van der Waals surface area contributed by atoms with Gasteiger partial charge in [-0.2, -0.15) is 7.94 Å². The van der Waals surface area contributed by atoms with Crippen molar-refractivity contribution in [1.29, 1.82) is 0 Å². The molecule has 0 aliphatic rings. The summed E-state index contributed by atoms with van der Waals surface area (Å²) in [5, 5.41) is 0. The molecule has 1 atom stereocenters. The van der Waals surface area contributed by atoms with Gasteiger partial charge in [-0.05, 0) is 0 Å². The van der Waals surface area contributed by atoms with Crippen LogP contribution in [0.2, 0.25) is 0 Å². The van der Waals surface area contributed by atoms with E-state index in [1.54, 1.807) is 0 Å². The fourth-order valence-corrected chi connectivity index (χ4v) is 0.410. The van der Waals surface area contributed by atoms with Gasteiger partial charge in [-0.15, -0.1) is 6.42 Å². The Balaban J connectivity index is 3.15. The maximum atomic E-state index is 10.0. The molecule has 0 aromatic heterocycles. The third kappa shape index (κ3) is 4.09. The molecule has 0 bridgehead atoms. The molecule has 0 radical (unpaired) electrons. The molecule has 0 aliphatic carbocycles. The summed E-state index contributed by atoms with van der Waals surface area (Å²) in [6.07, 6.45) is 4.72. The molecular weight excluding hydrogens is 152 g/mol. The lowest BCUT2D eigenvalue weighted by atomic mass is 10.8.